The molecule has 0 unspecified atom stereocenters. The number of halogens is 1. The van der Waals surface area contributed by atoms with Crippen molar-refractivity contribution in [3.63, 3.8) is 0 Å². The zero-order chi connectivity index (χ0) is 26.7. The van der Waals surface area contributed by atoms with Crippen molar-refractivity contribution >= 4 is 46.0 Å². The maximum Gasteiger partial charge on any atom is 0.338 e. The minimum Gasteiger partial charge on any atom is -0.504 e. The molecule has 4 rings (SSSR count). The van der Waals surface area contributed by atoms with E-state index in [-0.39, 0.29) is 17.9 Å². The molecule has 1 aliphatic heterocycles. The molecule has 0 bridgehead atoms. The SMILES string of the molecule is CCCOc1ccccc1[C@@H]1C(C(=O)OCC)=C(C)N=c2sc(=Cc3cc(I)c(O)c(OC)c3)c(=O)n21. The highest BCUT2D eigenvalue weighted by atomic mass is 127. The molecule has 0 radical (unpaired) electrons. The van der Waals surface area contributed by atoms with Crippen molar-refractivity contribution in [2.24, 2.45) is 4.99 Å². The van der Waals surface area contributed by atoms with Crippen LogP contribution in [0.25, 0.3) is 6.08 Å². The Morgan fingerprint density at radius 1 is 1.24 bits per heavy atom. The number of carbonyl (C=O) groups excluding carboxylic acids is 1. The highest BCUT2D eigenvalue weighted by molar-refractivity contribution is 14.1. The number of carbonyl (C=O) groups is 1. The first-order valence-electron chi connectivity index (χ1n) is 11.8. The third-order valence-electron chi connectivity index (χ3n) is 5.76. The van der Waals surface area contributed by atoms with Crippen LogP contribution in [0.3, 0.4) is 0 Å². The summed E-state index contributed by atoms with van der Waals surface area (Å²) in [6.45, 7) is 6.20. The van der Waals surface area contributed by atoms with Crippen LogP contribution in [0.5, 0.6) is 17.2 Å². The molecule has 8 nitrogen and oxygen atoms in total. The lowest BCUT2D eigenvalue weighted by atomic mass is 9.95. The average molecular weight is 634 g/mol. The number of hydrogen-bond donors (Lipinski definition) is 1. The van der Waals surface area contributed by atoms with Crippen molar-refractivity contribution in [2.75, 3.05) is 20.3 Å². The van der Waals surface area contributed by atoms with E-state index in [1.807, 2.05) is 53.8 Å². The molecular weight excluding hydrogens is 607 g/mol. The first kappa shape index (κ1) is 26.9. The second-order valence-corrected chi connectivity index (χ2v) is 10.4. The van der Waals surface area contributed by atoms with Gasteiger partial charge in [-0.2, -0.15) is 0 Å². The normalized spacial score (nSPS) is 15.3. The van der Waals surface area contributed by atoms with Crippen LogP contribution in [0.4, 0.5) is 0 Å². The van der Waals surface area contributed by atoms with Gasteiger partial charge in [0.1, 0.15) is 11.8 Å². The third kappa shape index (κ3) is 5.30. The number of rotatable bonds is 8. The van der Waals surface area contributed by atoms with Gasteiger partial charge in [0.05, 0.1) is 39.7 Å². The molecule has 2 aromatic carbocycles. The summed E-state index contributed by atoms with van der Waals surface area (Å²) in [7, 11) is 1.47. The number of hydrogen-bond acceptors (Lipinski definition) is 8. The maximum absolute atomic E-state index is 13.9. The Kier molecular flexibility index (Phi) is 8.38. The topological polar surface area (TPSA) is 99.4 Å². The number of phenolic OH excluding ortho intramolecular Hbond substituents is 1. The largest absolute Gasteiger partial charge is 0.504 e. The van der Waals surface area contributed by atoms with Gasteiger partial charge in [-0.15, -0.1) is 0 Å². The Morgan fingerprint density at radius 2 is 2.00 bits per heavy atom. The number of aromatic nitrogens is 1. The van der Waals surface area contributed by atoms with E-state index in [1.54, 1.807) is 32.1 Å². The summed E-state index contributed by atoms with van der Waals surface area (Å²) in [5, 5.41) is 10.2. The number of phenols is 1. The molecule has 0 aliphatic carbocycles. The summed E-state index contributed by atoms with van der Waals surface area (Å²) in [6.07, 6.45) is 2.54. The number of nitrogens with zero attached hydrogens (tertiary/aromatic N) is 2. The standard InChI is InChI=1S/C27H27IN2O6S/c1-5-11-36-19-10-8-7-9-17(19)23-22(26(33)35-6-2)15(3)29-27-30(23)25(32)21(37-27)14-16-12-18(28)24(31)20(13-16)34-4/h7-10,12-14,23,31H,5-6,11H2,1-4H3/t23-/m1/s1. The smallest absolute Gasteiger partial charge is 0.338 e. The lowest BCUT2D eigenvalue weighted by Gasteiger charge is -2.26. The molecule has 0 saturated carbocycles. The number of allylic oxidation sites excluding steroid dienone is 1. The Bertz CT molecular complexity index is 1560. The molecule has 37 heavy (non-hydrogen) atoms. The van der Waals surface area contributed by atoms with Crippen molar-refractivity contribution in [2.45, 2.75) is 33.2 Å². The molecule has 194 valence electrons. The fourth-order valence-electron chi connectivity index (χ4n) is 4.12. The molecule has 3 aromatic rings. The van der Waals surface area contributed by atoms with Gasteiger partial charge >= 0.3 is 5.97 Å². The van der Waals surface area contributed by atoms with Gasteiger partial charge in [0.15, 0.2) is 16.3 Å². The van der Waals surface area contributed by atoms with E-state index < -0.39 is 12.0 Å². The van der Waals surface area contributed by atoms with Crippen LogP contribution in [0.2, 0.25) is 0 Å². The van der Waals surface area contributed by atoms with Gasteiger partial charge in [0.2, 0.25) is 0 Å². The predicted octanol–water partition coefficient (Wildman–Crippen LogP) is 3.91. The zero-order valence-electron chi connectivity index (χ0n) is 20.9. The number of ether oxygens (including phenoxy) is 3. The molecule has 0 fully saturated rings. The number of thiazole rings is 1. The van der Waals surface area contributed by atoms with E-state index in [4.69, 9.17) is 14.2 Å². The Morgan fingerprint density at radius 3 is 2.70 bits per heavy atom. The van der Waals surface area contributed by atoms with E-state index >= 15 is 0 Å². The Balaban J connectivity index is 1.97. The van der Waals surface area contributed by atoms with Crippen molar-refractivity contribution in [1.82, 2.24) is 4.57 Å². The molecule has 0 saturated heterocycles. The summed E-state index contributed by atoms with van der Waals surface area (Å²) in [5.74, 6) is 0.427. The van der Waals surface area contributed by atoms with Crippen LogP contribution >= 0.6 is 33.9 Å². The molecule has 1 aliphatic rings. The summed E-state index contributed by atoms with van der Waals surface area (Å²) >= 11 is 3.24. The summed E-state index contributed by atoms with van der Waals surface area (Å²) < 4.78 is 19.2. The van der Waals surface area contributed by atoms with Gasteiger partial charge in [-0.3, -0.25) is 9.36 Å². The van der Waals surface area contributed by atoms with Gasteiger partial charge < -0.3 is 19.3 Å². The monoisotopic (exact) mass is 634 g/mol. The Hall–Kier alpha value is -3.12. The molecule has 0 amide bonds. The maximum atomic E-state index is 13.9. The highest BCUT2D eigenvalue weighted by Crippen LogP contribution is 2.36. The van der Waals surface area contributed by atoms with Gasteiger partial charge in [-0.1, -0.05) is 36.5 Å². The number of benzene rings is 2. The first-order chi connectivity index (χ1) is 17.8. The minimum atomic E-state index is -0.764. The van der Waals surface area contributed by atoms with E-state index in [0.29, 0.717) is 53.4 Å². The van der Waals surface area contributed by atoms with Crippen LogP contribution in [0.1, 0.15) is 44.4 Å². The molecular formula is C27H27IN2O6S. The van der Waals surface area contributed by atoms with Gasteiger partial charge in [-0.25, -0.2) is 9.79 Å². The number of methoxy groups -OCH3 is 1. The van der Waals surface area contributed by atoms with Crippen molar-refractivity contribution in [3.8, 4) is 17.2 Å². The van der Waals surface area contributed by atoms with Crippen molar-refractivity contribution in [3.05, 3.63) is 82.1 Å². The van der Waals surface area contributed by atoms with Gasteiger partial charge in [-0.05, 0) is 72.7 Å². The van der Waals surface area contributed by atoms with Crippen LogP contribution in [0, 0.1) is 3.57 Å². The fraction of sp³-hybridized carbons (Fsp3) is 0.296. The average Bonchev–Trinajstić information content (AvgIpc) is 3.18. The minimum absolute atomic E-state index is 0.0418. The molecule has 1 aromatic heterocycles. The molecule has 0 spiro atoms. The van der Waals surface area contributed by atoms with Crippen LogP contribution < -0.4 is 24.4 Å². The number of fused-ring (bicyclic) bond motifs is 1. The van der Waals surface area contributed by atoms with Crippen LogP contribution in [-0.4, -0.2) is 36.0 Å². The quantitative estimate of drug-likeness (QED) is 0.298. The van der Waals surface area contributed by atoms with E-state index in [1.165, 1.54) is 23.0 Å². The second-order valence-electron chi connectivity index (χ2n) is 8.24. The van der Waals surface area contributed by atoms with Crippen LogP contribution in [-0.2, 0) is 9.53 Å². The summed E-state index contributed by atoms with van der Waals surface area (Å²) in [6, 6.07) is 10.1. The lowest BCUT2D eigenvalue weighted by Crippen LogP contribution is -2.40. The number of para-hydroxylation sites is 1. The van der Waals surface area contributed by atoms with E-state index in [0.717, 1.165) is 6.42 Å². The summed E-state index contributed by atoms with van der Waals surface area (Å²) in [4.78, 5) is 32.1. The lowest BCUT2D eigenvalue weighted by molar-refractivity contribution is -0.139. The number of aromatic hydroxyl groups is 1. The van der Waals surface area contributed by atoms with E-state index in [9.17, 15) is 14.7 Å². The predicted molar refractivity (Wildman–Crippen MR) is 150 cm³/mol. The number of esters is 1. The zero-order valence-corrected chi connectivity index (χ0v) is 23.9. The van der Waals surface area contributed by atoms with E-state index in [2.05, 4.69) is 4.99 Å². The highest BCUT2D eigenvalue weighted by Gasteiger charge is 2.35. The molecule has 1 atom stereocenters. The molecule has 2 heterocycles. The Labute approximate surface area is 231 Å². The van der Waals surface area contributed by atoms with Crippen LogP contribution in [0.15, 0.2) is 57.5 Å². The van der Waals surface area contributed by atoms with Gasteiger partial charge in [0.25, 0.3) is 5.56 Å². The molecule has 10 heteroatoms. The summed E-state index contributed by atoms with van der Waals surface area (Å²) in [5.41, 5.74) is 1.86. The molecule has 1 N–H and O–H groups in total. The van der Waals surface area contributed by atoms with Crippen molar-refractivity contribution in [1.29, 1.82) is 0 Å². The first-order valence-corrected chi connectivity index (χ1v) is 13.7. The van der Waals surface area contributed by atoms with Crippen molar-refractivity contribution < 1.29 is 24.1 Å². The third-order valence-corrected chi connectivity index (χ3v) is 7.57. The fourth-order valence-corrected chi connectivity index (χ4v) is 5.79. The van der Waals surface area contributed by atoms with Gasteiger partial charge in [0, 0.05) is 5.56 Å². The second kappa shape index (κ2) is 11.5.